The van der Waals surface area contributed by atoms with Crippen molar-refractivity contribution in [2.24, 2.45) is 0 Å². The lowest BCUT2D eigenvalue weighted by Crippen LogP contribution is -2.17. The number of aromatic nitrogens is 1. The van der Waals surface area contributed by atoms with Crippen molar-refractivity contribution in [3.8, 4) is 0 Å². The van der Waals surface area contributed by atoms with Gasteiger partial charge >= 0.3 is 5.97 Å². The van der Waals surface area contributed by atoms with E-state index < -0.39 is 5.97 Å². The molecule has 4 aromatic rings. The summed E-state index contributed by atoms with van der Waals surface area (Å²) in [4.78, 5) is 29.5. The van der Waals surface area contributed by atoms with Crippen LogP contribution in [-0.2, 0) is 16.0 Å². The molecule has 29 heavy (non-hydrogen) atoms. The molecule has 0 fully saturated rings. The molecular formula is C24H18ClNO3. The Morgan fingerprint density at radius 1 is 0.966 bits per heavy atom. The van der Waals surface area contributed by atoms with E-state index in [-0.39, 0.29) is 18.8 Å². The van der Waals surface area contributed by atoms with Gasteiger partial charge < -0.3 is 4.74 Å². The van der Waals surface area contributed by atoms with E-state index in [1.165, 1.54) is 0 Å². The van der Waals surface area contributed by atoms with Gasteiger partial charge in [-0.3, -0.25) is 9.78 Å². The zero-order chi connectivity index (χ0) is 20.4. The summed E-state index contributed by atoms with van der Waals surface area (Å²) in [6.07, 6.45) is 1.67. The van der Waals surface area contributed by atoms with Crippen molar-refractivity contribution in [1.82, 2.24) is 4.98 Å². The lowest BCUT2D eigenvalue weighted by Gasteiger charge is -2.11. The number of nitrogens with zero attached hydrogens (tertiary/aromatic N) is 1. The summed E-state index contributed by atoms with van der Waals surface area (Å²) >= 11 is 6.14. The van der Waals surface area contributed by atoms with Crippen molar-refractivity contribution in [2.45, 2.75) is 13.3 Å². The third-order valence-electron chi connectivity index (χ3n) is 4.76. The molecule has 0 N–H and O–H groups in total. The minimum atomic E-state index is -0.519. The van der Waals surface area contributed by atoms with E-state index in [0.717, 1.165) is 27.1 Å². The molecule has 0 radical (unpaired) electrons. The molecule has 4 nitrogen and oxygen atoms in total. The van der Waals surface area contributed by atoms with E-state index >= 15 is 0 Å². The van der Waals surface area contributed by atoms with Crippen LogP contribution in [0.5, 0.6) is 0 Å². The molecule has 5 heteroatoms. The summed E-state index contributed by atoms with van der Waals surface area (Å²) in [5.41, 5.74) is 1.87. The maximum atomic E-state index is 12.9. The molecule has 4 rings (SSSR count). The number of carbonyl (C=O) groups is 2. The molecule has 3 aromatic carbocycles. The minimum absolute atomic E-state index is 0.0165. The van der Waals surface area contributed by atoms with E-state index in [0.29, 0.717) is 16.3 Å². The van der Waals surface area contributed by atoms with Gasteiger partial charge in [-0.25, -0.2) is 4.79 Å². The summed E-state index contributed by atoms with van der Waals surface area (Å²) in [7, 11) is 0. The molecule has 0 bridgehead atoms. The fourth-order valence-corrected chi connectivity index (χ4v) is 3.67. The van der Waals surface area contributed by atoms with Gasteiger partial charge in [0.05, 0.1) is 22.7 Å². The number of fused-ring (bicyclic) bond motifs is 2. The van der Waals surface area contributed by atoms with Crippen LogP contribution >= 0.6 is 11.6 Å². The molecule has 0 aliphatic carbocycles. The fourth-order valence-electron chi connectivity index (χ4n) is 3.38. The number of ketones is 1. The average Bonchev–Trinajstić information content (AvgIpc) is 2.72. The third-order valence-corrected chi connectivity index (χ3v) is 5.09. The van der Waals surface area contributed by atoms with E-state index in [1.807, 2.05) is 61.5 Å². The SMILES string of the molecule is Cc1cnc(CC(=O)COC(=O)c2c3ccccc3cc3ccccc23)c(Cl)c1. The van der Waals surface area contributed by atoms with Gasteiger partial charge in [-0.1, -0.05) is 60.1 Å². The number of ether oxygens (including phenoxy) is 1. The second kappa shape index (κ2) is 8.02. The minimum Gasteiger partial charge on any atom is -0.454 e. The van der Waals surface area contributed by atoms with Crippen LogP contribution in [-0.4, -0.2) is 23.3 Å². The quantitative estimate of drug-likeness (QED) is 0.334. The Morgan fingerprint density at radius 3 is 2.21 bits per heavy atom. The number of pyridine rings is 1. The molecule has 0 atom stereocenters. The Morgan fingerprint density at radius 2 is 1.59 bits per heavy atom. The van der Waals surface area contributed by atoms with Crippen molar-refractivity contribution < 1.29 is 14.3 Å². The largest absolute Gasteiger partial charge is 0.454 e. The Kier molecular flexibility index (Phi) is 5.28. The number of hydrogen-bond acceptors (Lipinski definition) is 4. The Balaban J connectivity index is 1.58. The number of rotatable bonds is 5. The van der Waals surface area contributed by atoms with Gasteiger partial charge in [0.15, 0.2) is 12.4 Å². The standard InChI is InChI=1S/C24H18ClNO3/c1-15-10-21(25)22(26-13-15)12-18(27)14-29-24(28)23-19-8-4-2-6-16(19)11-17-7-3-5-9-20(17)23/h2-11,13H,12,14H2,1H3. The monoisotopic (exact) mass is 403 g/mol. The highest BCUT2D eigenvalue weighted by Crippen LogP contribution is 2.29. The number of halogens is 1. The highest BCUT2D eigenvalue weighted by atomic mass is 35.5. The van der Waals surface area contributed by atoms with E-state index in [1.54, 1.807) is 12.3 Å². The lowest BCUT2D eigenvalue weighted by molar-refractivity contribution is -0.121. The first-order valence-corrected chi connectivity index (χ1v) is 9.61. The third kappa shape index (κ3) is 3.98. The molecule has 0 amide bonds. The van der Waals surface area contributed by atoms with E-state index in [9.17, 15) is 9.59 Å². The van der Waals surface area contributed by atoms with Crippen LogP contribution in [0.2, 0.25) is 5.02 Å². The fraction of sp³-hybridized carbons (Fsp3) is 0.125. The van der Waals surface area contributed by atoms with Crippen LogP contribution in [0.25, 0.3) is 21.5 Å². The number of carbonyl (C=O) groups excluding carboxylic acids is 2. The van der Waals surface area contributed by atoms with Gasteiger partial charge in [0.2, 0.25) is 0 Å². The van der Waals surface area contributed by atoms with Gasteiger partial charge in [0, 0.05) is 6.20 Å². The zero-order valence-electron chi connectivity index (χ0n) is 15.8. The van der Waals surface area contributed by atoms with Gasteiger partial charge in [0.25, 0.3) is 0 Å². The first kappa shape index (κ1) is 19.1. The molecule has 0 saturated carbocycles. The average molecular weight is 404 g/mol. The molecule has 144 valence electrons. The smallest absolute Gasteiger partial charge is 0.339 e. The van der Waals surface area contributed by atoms with Crippen molar-refractivity contribution in [1.29, 1.82) is 0 Å². The van der Waals surface area contributed by atoms with Gasteiger partial charge in [-0.15, -0.1) is 0 Å². The van der Waals surface area contributed by atoms with Gasteiger partial charge in [0.1, 0.15) is 0 Å². The molecule has 0 unspecified atom stereocenters. The van der Waals surface area contributed by atoms with Gasteiger partial charge in [-0.05, 0) is 46.2 Å². The number of hydrogen-bond donors (Lipinski definition) is 0. The Bertz CT molecular complexity index is 1200. The van der Waals surface area contributed by atoms with Crippen LogP contribution in [0.3, 0.4) is 0 Å². The predicted octanol–water partition coefficient (Wildman–Crippen LogP) is 5.32. The number of benzene rings is 3. The molecule has 0 aliphatic rings. The van der Waals surface area contributed by atoms with Crippen LogP contribution in [0.1, 0.15) is 21.6 Å². The van der Waals surface area contributed by atoms with Crippen molar-refractivity contribution in [2.75, 3.05) is 6.61 Å². The van der Waals surface area contributed by atoms with Crippen LogP contribution in [0.15, 0.2) is 66.9 Å². The van der Waals surface area contributed by atoms with E-state index in [2.05, 4.69) is 4.98 Å². The highest BCUT2D eigenvalue weighted by molar-refractivity contribution is 6.31. The van der Waals surface area contributed by atoms with Crippen molar-refractivity contribution in [3.63, 3.8) is 0 Å². The molecule has 1 aromatic heterocycles. The van der Waals surface area contributed by atoms with Crippen LogP contribution in [0, 0.1) is 6.92 Å². The normalized spacial score (nSPS) is 11.0. The van der Waals surface area contributed by atoms with Gasteiger partial charge in [-0.2, -0.15) is 0 Å². The van der Waals surface area contributed by atoms with Crippen LogP contribution < -0.4 is 0 Å². The molecule has 0 saturated heterocycles. The lowest BCUT2D eigenvalue weighted by atomic mass is 9.97. The summed E-state index contributed by atoms with van der Waals surface area (Å²) < 4.78 is 5.38. The van der Waals surface area contributed by atoms with Crippen molar-refractivity contribution >= 4 is 44.9 Å². The van der Waals surface area contributed by atoms with Crippen molar-refractivity contribution in [3.05, 3.63) is 88.7 Å². The summed E-state index contributed by atoms with van der Waals surface area (Å²) in [5.74, 6) is -0.782. The molecule has 1 heterocycles. The molecular weight excluding hydrogens is 386 g/mol. The zero-order valence-corrected chi connectivity index (χ0v) is 16.6. The first-order valence-electron chi connectivity index (χ1n) is 9.23. The second-order valence-corrected chi connectivity index (χ2v) is 7.33. The highest BCUT2D eigenvalue weighted by Gasteiger charge is 2.18. The van der Waals surface area contributed by atoms with Crippen LogP contribution in [0.4, 0.5) is 0 Å². The first-order chi connectivity index (χ1) is 14.0. The summed E-state index contributed by atoms with van der Waals surface area (Å²) in [6, 6.07) is 19.1. The molecule has 0 aliphatic heterocycles. The number of Topliss-reactive ketones (excluding diaryl/α,β-unsaturated/α-hetero) is 1. The van der Waals surface area contributed by atoms with E-state index in [4.69, 9.17) is 16.3 Å². The summed E-state index contributed by atoms with van der Waals surface area (Å²) in [5, 5.41) is 3.92. The second-order valence-electron chi connectivity index (χ2n) is 6.93. The maximum Gasteiger partial charge on any atom is 0.339 e. The topological polar surface area (TPSA) is 56.3 Å². The maximum absolute atomic E-state index is 12.9. The summed E-state index contributed by atoms with van der Waals surface area (Å²) in [6.45, 7) is 1.54. The Hall–Kier alpha value is -3.24. The Labute approximate surface area is 173 Å². The number of aryl methyl sites for hydroxylation is 1. The predicted molar refractivity (Wildman–Crippen MR) is 114 cm³/mol. The number of esters is 1. The molecule has 0 spiro atoms.